The van der Waals surface area contributed by atoms with Crippen molar-refractivity contribution in [2.75, 3.05) is 18.0 Å². The summed E-state index contributed by atoms with van der Waals surface area (Å²) < 4.78 is 0. The van der Waals surface area contributed by atoms with Crippen LogP contribution in [0, 0.1) is 0 Å². The van der Waals surface area contributed by atoms with Crippen LogP contribution in [0.15, 0.2) is 5.38 Å². The van der Waals surface area contributed by atoms with Gasteiger partial charge in [-0.1, -0.05) is 20.8 Å². The normalized spacial score (nSPS) is 12.1. The van der Waals surface area contributed by atoms with E-state index in [1.807, 2.05) is 0 Å². The van der Waals surface area contributed by atoms with Gasteiger partial charge >= 0.3 is 0 Å². The molecule has 0 fully saturated rings. The fourth-order valence-electron chi connectivity index (χ4n) is 2.20. The fourth-order valence-corrected chi connectivity index (χ4v) is 3.58. The van der Waals surface area contributed by atoms with Crippen LogP contribution in [-0.4, -0.2) is 23.1 Å². The van der Waals surface area contributed by atoms with Crippen LogP contribution in [0.3, 0.4) is 0 Å². The monoisotopic (exact) mass is 297 g/mol. The van der Waals surface area contributed by atoms with E-state index < -0.39 is 0 Å². The highest BCUT2D eigenvalue weighted by Gasteiger charge is 2.24. The highest BCUT2D eigenvalue weighted by Crippen LogP contribution is 2.38. The predicted octanol–water partition coefficient (Wildman–Crippen LogP) is 4.49. The molecular weight excluding hydrogens is 278 g/mol. The van der Waals surface area contributed by atoms with Crippen molar-refractivity contribution in [1.29, 1.82) is 0 Å². The first-order valence-electron chi connectivity index (χ1n) is 6.58. The number of nitrogens with zero attached hydrogens (tertiary/aromatic N) is 3. The molecule has 0 unspecified atom stereocenters. The van der Waals surface area contributed by atoms with Crippen molar-refractivity contribution in [3.8, 4) is 0 Å². The Labute approximate surface area is 123 Å². The van der Waals surface area contributed by atoms with Gasteiger partial charge in [-0.3, -0.25) is 0 Å². The number of halogens is 1. The van der Waals surface area contributed by atoms with E-state index in [1.54, 1.807) is 11.3 Å². The van der Waals surface area contributed by atoms with E-state index in [0.717, 1.165) is 29.1 Å². The molecule has 0 N–H and O–H groups in total. The first kappa shape index (κ1) is 14.5. The Morgan fingerprint density at radius 3 is 2.37 bits per heavy atom. The molecule has 0 amide bonds. The first-order valence-corrected chi connectivity index (χ1v) is 7.84. The van der Waals surface area contributed by atoms with Crippen LogP contribution < -0.4 is 4.90 Å². The van der Waals surface area contributed by atoms with Crippen molar-refractivity contribution in [2.45, 2.75) is 40.0 Å². The van der Waals surface area contributed by atoms with Gasteiger partial charge in [-0.2, -0.15) is 4.98 Å². The Morgan fingerprint density at radius 1 is 1.21 bits per heavy atom. The number of hydrogen-bond donors (Lipinski definition) is 0. The van der Waals surface area contributed by atoms with Gasteiger partial charge in [-0.05, 0) is 41.8 Å². The summed E-state index contributed by atoms with van der Waals surface area (Å²) >= 11 is 7.71. The number of fused-ring (bicyclic) bond motifs is 1. The molecule has 0 aliphatic heterocycles. The van der Waals surface area contributed by atoms with Gasteiger partial charge in [-0.25, -0.2) is 4.98 Å². The highest BCUT2D eigenvalue weighted by molar-refractivity contribution is 7.17. The van der Waals surface area contributed by atoms with Crippen LogP contribution in [-0.2, 0) is 5.41 Å². The Morgan fingerprint density at radius 2 is 1.84 bits per heavy atom. The third-order valence-corrected chi connectivity index (χ3v) is 4.30. The van der Waals surface area contributed by atoms with Gasteiger partial charge in [0.05, 0.1) is 5.39 Å². The Balaban J connectivity index is 2.76. The molecule has 2 heterocycles. The molecule has 0 saturated carbocycles. The SMILES string of the molecule is CCN(CC)c1nc(Cl)nc2scc(C(C)(C)C)c12. The molecule has 2 rings (SSSR count). The third-order valence-electron chi connectivity index (χ3n) is 3.26. The van der Waals surface area contributed by atoms with Crippen LogP contribution in [0.1, 0.15) is 40.2 Å². The second-order valence-corrected chi connectivity index (χ2v) is 6.76. The van der Waals surface area contributed by atoms with E-state index in [9.17, 15) is 0 Å². The van der Waals surface area contributed by atoms with E-state index in [1.165, 1.54) is 5.56 Å². The van der Waals surface area contributed by atoms with E-state index in [2.05, 4.69) is 54.9 Å². The minimum absolute atomic E-state index is 0.0807. The standard InChI is InChI=1S/C14H20ClN3S/c1-6-18(7-2)11-10-9(14(3,4)5)8-19-12(10)17-13(15)16-11/h8H,6-7H2,1-5H3. The topological polar surface area (TPSA) is 29.0 Å². The van der Waals surface area contributed by atoms with Crippen molar-refractivity contribution in [2.24, 2.45) is 0 Å². The van der Waals surface area contributed by atoms with Crippen LogP contribution in [0.25, 0.3) is 10.2 Å². The molecule has 2 aromatic heterocycles. The third kappa shape index (κ3) is 2.70. The predicted molar refractivity (Wildman–Crippen MR) is 84.7 cm³/mol. The van der Waals surface area contributed by atoms with Crippen molar-refractivity contribution in [3.63, 3.8) is 0 Å². The molecule has 19 heavy (non-hydrogen) atoms. The molecule has 0 bridgehead atoms. The van der Waals surface area contributed by atoms with E-state index >= 15 is 0 Å². The van der Waals surface area contributed by atoms with Crippen molar-refractivity contribution >= 4 is 39.0 Å². The van der Waals surface area contributed by atoms with Crippen LogP contribution in [0.5, 0.6) is 0 Å². The number of rotatable bonds is 3. The Kier molecular flexibility index (Phi) is 4.02. The molecule has 3 nitrogen and oxygen atoms in total. The molecule has 0 radical (unpaired) electrons. The van der Waals surface area contributed by atoms with Crippen molar-refractivity contribution in [3.05, 3.63) is 16.2 Å². The molecule has 0 atom stereocenters. The van der Waals surface area contributed by atoms with E-state index in [4.69, 9.17) is 11.6 Å². The number of hydrogen-bond acceptors (Lipinski definition) is 4. The molecule has 0 aliphatic carbocycles. The van der Waals surface area contributed by atoms with Crippen molar-refractivity contribution in [1.82, 2.24) is 9.97 Å². The molecule has 0 saturated heterocycles. The molecule has 0 spiro atoms. The largest absolute Gasteiger partial charge is 0.356 e. The zero-order valence-corrected chi connectivity index (χ0v) is 13.7. The lowest BCUT2D eigenvalue weighted by molar-refractivity contribution is 0.597. The minimum Gasteiger partial charge on any atom is -0.356 e. The zero-order valence-electron chi connectivity index (χ0n) is 12.1. The summed E-state index contributed by atoms with van der Waals surface area (Å²) in [4.78, 5) is 12.1. The fraction of sp³-hybridized carbons (Fsp3) is 0.571. The zero-order chi connectivity index (χ0) is 14.2. The first-order chi connectivity index (χ1) is 8.88. The molecule has 2 aromatic rings. The lowest BCUT2D eigenvalue weighted by Crippen LogP contribution is -2.24. The maximum absolute atomic E-state index is 6.06. The van der Waals surface area contributed by atoms with Crippen LogP contribution in [0.2, 0.25) is 5.28 Å². The summed E-state index contributed by atoms with van der Waals surface area (Å²) in [6.07, 6.45) is 0. The molecular formula is C14H20ClN3S. The maximum atomic E-state index is 6.06. The molecule has 0 aromatic carbocycles. The van der Waals surface area contributed by atoms with Gasteiger partial charge < -0.3 is 4.90 Å². The van der Waals surface area contributed by atoms with Gasteiger partial charge in [0.15, 0.2) is 0 Å². The van der Waals surface area contributed by atoms with Gasteiger partial charge in [-0.15, -0.1) is 11.3 Å². The average Bonchev–Trinajstić information content (AvgIpc) is 2.73. The minimum atomic E-state index is 0.0807. The lowest BCUT2D eigenvalue weighted by atomic mass is 9.87. The quantitative estimate of drug-likeness (QED) is 0.782. The Bertz CT molecular complexity index is 582. The summed E-state index contributed by atoms with van der Waals surface area (Å²) in [5.74, 6) is 0.964. The molecule has 104 valence electrons. The van der Waals surface area contributed by atoms with Crippen molar-refractivity contribution < 1.29 is 0 Å². The summed E-state index contributed by atoms with van der Waals surface area (Å²) in [5.41, 5.74) is 1.38. The van der Waals surface area contributed by atoms with Crippen LogP contribution >= 0.6 is 22.9 Å². The van der Waals surface area contributed by atoms with E-state index in [0.29, 0.717) is 5.28 Å². The maximum Gasteiger partial charge on any atom is 0.225 e. The summed E-state index contributed by atoms with van der Waals surface area (Å²) in [6, 6.07) is 0. The van der Waals surface area contributed by atoms with Gasteiger partial charge in [0, 0.05) is 13.1 Å². The smallest absolute Gasteiger partial charge is 0.225 e. The van der Waals surface area contributed by atoms with Crippen LogP contribution in [0.4, 0.5) is 5.82 Å². The second kappa shape index (κ2) is 5.25. The lowest BCUT2D eigenvalue weighted by Gasteiger charge is -2.24. The summed E-state index contributed by atoms with van der Waals surface area (Å²) in [5, 5.41) is 3.67. The average molecular weight is 298 g/mol. The van der Waals surface area contributed by atoms with Gasteiger partial charge in [0.2, 0.25) is 5.28 Å². The van der Waals surface area contributed by atoms with Gasteiger partial charge in [0.25, 0.3) is 0 Å². The second-order valence-electron chi connectivity index (χ2n) is 5.57. The number of aromatic nitrogens is 2. The summed E-state index contributed by atoms with van der Waals surface area (Å²) in [7, 11) is 0. The molecule has 5 heteroatoms. The molecule has 0 aliphatic rings. The Hall–Kier alpha value is -0.870. The van der Waals surface area contributed by atoms with E-state index in [-0.39, 0.29) is 5.41 Å². The highest BCUT2D eigenvalue weighted by atomic mass is 35.5. The number of anilines is 1. The van der Waals surface area contributed by atoms with Gasteiger partial charge in [0.1, 0.15) is 10.6 Å². The number of thiophene rings is 1. The summed E-state index contributed by atoms with van der Waals surface area (Å²) in [6.45, 7) is 12.7.